The molecule has 31 heavy (non-hydrogen) atoms. The van der Waals surface area contributed by atoms with E-state index in [0.29, 0.717) is 10.0 Å². The number of methoxy groups -OCH3 is 1. The quantitative estimate of drug-likeness (QED) is 0.335. The van der Waals surface area contributed by atoms with Crippen LogP contribution in [0.1, 0.15) is 34.1 Å². The number of ether oxygens (including phenoxy) is 2. The van der Waals surface area contributed by atoms with E-state index >= 15 is 0 Å². The Bertz CT molecular complexity index is 1330. The minimum Gasteiger partial charge on any atom is -0.504 e. The lowest BCUT2D eigenvalue weighted by molar-refractivity contribution is 0.233. The fourth-order valence-corrected chi connectivity index (χ4v) is 4.03. The van der Waals surface area contributed by atoms with Crippen molar-refractivity contribution in [3.05, 3.63) is 61.1 Å². The predicted octanol–water partition coefficient (Wildman–Crippen LogP) is 2.33. The zero-order chi connectivity index (χ0) is 22.4. The highest BCUT2D eigenvalue weighted by molar-refractivity contribution is 9.10. The Balaban J connectivity index is 2.12. The highest BCUT2D eigenvalue weighted by atomic mass is 79.9. The molecule has 0 unspecified atom stereocenters. The number of hydrogen-bond acceptors (Lipinski definition) is 10. The summed E-state index contributed by atoms with van der Waals surface area (Å²) in [5.41, 5.74) is 12.1. The van der Waals surface area contributed by atoms with E-state index in [1.54, 1.807) is 0 Å². The molecule has 3 aromatic rings. The topological polar surface area (TPSA) is 178 Å². The number of benzene rings is 1. The minimum absolute atomic E-state index is 0.00265. The van der Waals surface area contributed by atoms with Gasteiger partial charge in [0.2, 0.25) is 17.1 Å². The summed E-state index contributed by atoms with van der Waals surface area (Å²) in [4.78, 5) is 16.8. The molecule has 1 aliphatic rings. The third kappa shape index (κ3) is 3.13. The van der Waals surface area contributed by atoms with Gasteiger partial charge in [0, 0.05) is 10.5 Å². The molecule has 0 fully saturated rings. The number of nitrogens with two attached hydrogens (primary N) is 2. The zero-order valence-electron chi connectivity index (χ0n) is 16.0. The second kappa shape index (κ2) is 7.50. The number of rotatable bonds is 3. The van der Waals surface area contributed by atoms with Crippen LogP contribution in [0, 0.1) is 11.3 Å². The Kier molecular flexibility index (Phi) is 4.96. The Hall–Kier alpha value is -3.75. The minimum atomic E-state index is -0.927. The van der Waals surface area contributed by atoms with E-state index in [4.69, 9.17) is 25.4 Å². The number of aliphatic hydroxyl groups excluding tert-OH is 1. The van der Waals surface area contributed by atoms with Crippen LogP contribution in [0.2, 0.25) is 0 Å². The number of hydrogen-bond donors (Lipinski definition) is 4. The molecule has 1 atom stereocenters. The van der Waals surface area contributed by atoms with E-state index in [1.165, 1.54) is 19.2 Å². The number of phenols is 1. The lowest BCUT2D eigenvalue weighted by atomic mass is 9.85. The maximum atomic E-state index is 12.7. The Labute approximate surface area is 183 Å². The molecule has 158 valence electrons. The normalized spacial score (nSPS) is 14.2. The molecule has 0 radical (unpaired) electrons. The maximum absolute atomic E-state index is 12.7. The van der Waals surface area contributed by atoms with E-state index in [-0.39, 0.29) is 57.3 Å². The van der Waals surface area contributed by atoms with E-state index < -0.39 is 18.0 Å². The van der Waals surface area contributed by atoms with Crippen LogP contribution in [0.25, 0.3) is 0 Å². The van der Waals surface area contributed by atoms with Crippen LogP contribution in [0.3, 0.4) is 0 Å². The summed E-state index contributed by atoms with van der Waals surface area (Å²) in [7, 11) is 1.40. The molecular weight excluding hydrogens is 472 g/mol. The first kappa shape index (κ1) is 20.5. The first-order valence-corrected chi connectivity index (χ1v) is 9.60. The van der Waals surface area contributed by atoms with Crippen LogP contribution in [-0.2, 0) is 6.61 Å². The Morgan fingerprint density at radius 1 is 1.35 bits per heavy atom. The van der Waals surface area contributed by atoms with Crippen LogP contribution < -0.4 is 26.4 Å². The fourth-order valence-electron chi connectivity index (χ4n) is 3.48. The number of halogens is 1. The van der Waals surface area contributed by atoms with Crippen molar-refractivity contribution in [1.82, 2.24) is 4.98 Å². The van der Waals surface area contributed by atoms with Crippen molar-refractivity contribution < 1.29 is 24.1 Å². The molecule has 0 aliphatic carbocycles. The monoisotopic (exact) mass is 486 g/mol. The zero-order valence-corrected chi connectivity index (χ0v) is 17.6. The number of anilines is 2. The first-order valence-electron chi connectivity index (χ1n) is 8.81. The molecule has 3 heterocycles. The van der Waals surface area contributed by atoms with Crippen molar-refractivity contribution in [1.29, 1.82) is 5.26 Å². The maximum Gasteiger partial charge on any atom is 0.228 e. The number of nitriles is 1. The highest BCUT2D eigenvalue weighted by Crippen LogP contribution is 2.51. The molecule has 0 bridgehead atoms. The lowest BCUT2D eigenvalue weighted by Crippen LogP contribution is -2.22. The number of aromatic nitrogens is 1. The van der Waals surface area contributed by atoms with Crippen LogP contribution >= 0.6 is 15.9 Å². The highest BCUT2D eigenvalue weighted by Gasteiger charge is 2.39. The summed E-state index contributed by atoms with van der Waals surface area (Å²) in [5, 5.41) is 29.4. The Morgan fingerprint density at radius 3 is 2.74 bits per heavy atom. The van der Waals surface area contributed by atoms with Gasteiger partial charge < -0.3 is 35.6 Å². The largest absolute Gasteiger partial charge is 0.504 e. The number of nitrogens with zero attached hydrogens (tertiary/aromatic N) is 2. The van der Waals surface area contributed by atoms with Gasteiger partial charge in [-0.1, -0.05) is 15.9 Å². The van der Waals surface area contributed by atoms with Crippen molar-refractivity contribution in [3.8, 4) is 29.2 Å². The van der Waals surface area contributed by atoms with Gasteiger partial charge in [-0.05, 0) is 17.7 Å². The van der Waals surface area contributed by atoms with Gasteiger partial charge in [0.25, 0.3) is 0 Å². The van der Waals surface area contributed by atoms with Gasteiger partial charge in [-0.25, -0.2) is 0 Å². The fraction of sp³-hybridized carbons (Fsp3) is 0.150. The second-order valence-corrected chi connectivity index (χ2v) is 7.48. The van der Waals surface area contributed by atoms with Crippen molar-refractivity contribution in [2.24, 2.45) is 0 Å². The summed E-state index contributed by atoms with van der Waals surface area (Å²) in [6.07, 6.45) is 0. The molecule has 2 aromatic heterocycles. The Morgan fingerprint density at radius 2 is 2.10 bits per heavy atom. The molecule has 0 saturated carbocycles. The van der Waals surface area contributed by atoms with Crippen LogP contribution in [-0.4, -0.2) is 22.3 Å². The molecule has 0 amide bonds. The number of pyridine rings is 1. The smallest absolute Gasteiger partial charge is 0.228 e. The number of aromatic hydroxyl groups is 1. The summed E-state index contributed by atoms with van der Waals surface area (Å²) in [6, 6.07) is 5.93. The van der Waals surface area contributed by atoms with Gasteiger partial charge in [-0.15, -0.1) is 0 Å². The standard InChI is InChI=1S/C20H15BrN4O6/c1-29-13-4-10(21)8(3-11(13)27)14-15-16(23)9(5-22)19(24)25-20(15)31-17-12(28)2-7(6-26)30-18(14)17/h2-4,14,26-27H,6H2,1H3,(H4,23,24,25)/t14-/m1/s1. The number of nitrogen functional groups attached to an aromatic ring is 2. The molecule has 1 aliphatic heterocycles. The van der Waals surface area contributed by atoms with Crippen LogP contribution in [0.15, 0.2) is 31.9 Å². The van der Waals surface area contributed by atoms with Crippen LogP contribution in [0.5, 0.6) is 23.1 Å². The van der Waals surface area contributed by atoms with Gasteiger partial charge in [-0.2, -0.15) is 10.2 Å². The summed E-state index contributed by atoms with van der Waals surface area (Å²) in [6.45, 7) is -0.532. The average molecular weight is 487 g/mol. The molecule has 1 aromatic carbocycles. The van der Waals surface area contributed by atoms with E-state index in [1.807, 2.05) is 6.07 Å². The van der Waals surface area contributed by atoms with Gasteiger partial charge >= 0.3 is 0 Å². The van der Waals surface area contributed by atoms with Gasteiger partial charge in [-0.3, -0.25) is 4.79 Å². The first-order chi connectivity index (χ1) is 14.8. The molecule has 0 spiro atoms. The van der Waals surface area contributed by atoms with Gasteiger partial charge in [0.05, 0.1) is 24.3 Å². The molecular formula is C20H15BrN4O6. The predicted molar refractivity (Wildman–Crippen MR) is 112 cm³/mol. The van der Waals surface area contributed by atoms with Gasteiger partial charge in [0.15, 0.2) is 17.3 Å². The number of aliphatic hydroxyl groups is 1. The summed E-state index contributed by atoms with van der Waals surface area (Å²) in [5.74, 6) is -1.29. The van der Waals surface area contributed by atoms with Crippen molar-refractivity contribution in [2.75, 3.05) is 18.6 Å². The molecule has 10 nitrogen and oxygen atoms in total. The molecule has 0 saturated heterocycles. The average Bonchev–Trinajstić information content (AvgIpc) is 2.74. The van der Waals surface area contributed by atoms with Crippen molar-refractivity contribution in [3.63, 3.8) is 0 Å². The van der Waals surface area contributed by atoms with Crippen molar-refractivity contribution >= 4 is 27.4 Å². The number of phenolic OH excluding ortho intramolecular Hbond substituents is 1. The van der Waals surface area contributed by atoms with Crippen molar-refractivity contribution in [2.45, 2.75) is 12.5 Å². The van der Waals surface area contributed by atoms with E-state index in [0.717, 1.165) is 6.07 Å². The summed E-state index contributed by atoms with van der Waals surface area (Å²) >= 11 is 3.44. The SMILES string of the molecule is COc1cc(Br)c([C@H]2c3oc(CO)cc(=O)c3Oc3nc(N)c(C#N)c(N)c32)cc1O. The third-order valence-corrected chi connectivity index (χ3v) is 5.56. The molecule has 11 heteroatoms. The molecule has 6 N–H and O–H groups in total. The van der Waals surface area contributed by atoms with Gasteiger partial charge in [0.1, 0.15) is 29.8 Å². The number of fused-ring (bicyclic) bond motifs is 2. The van der Waals surface area contributed by atoms with Crippen LogP contribution in [0.4, 0.5) is 11.5 Å². The molecule has 4 rings (SSSR count). The van der Waals surface area contributed by atoms with E-state index in [9.17, 15) is 20.3 Å². The second-order valence-electron chi connectivity index (χ2n) is 6.63. The summed E-state index contributed by atoms with van der Waals surface area (Å²) < 4.78 is 17.0. The third-order valence-electron chi connectivity index (χ3n) is 4.88. The lowest BCUT2D eigenvalue weighted by Gasteiger charge is -2.28. The van der Waals surface area contributed by atoms with E-state index in [2.05, 4.69) is 20.9 Å².